The van der Waals surface area contributed by atoms with Crippen molar-refractivity contribution in [3.8, 4) is 0 Å². The molecule has 0 fully saturated rings. The Hall–Kier alpha value is 0.840. The first-order chi connectivity index (χ1) is 6.49. The predicted molar refractivity (Wildman–Crippen MR) is 51.2 cm³/mol. The van der Waals surface area contributed by atoms with Gasteiger partial charge in [0.25, 0.3) is 0 Å². The fourth-order valence-electron chi connectivity index (χ4n) is 0.620. The molecule has 0 spiro atoms. The molecular formula is C6H6Cl4F4O. The van der Waals surface area contributed by atoms with E-state index in [0.29, 0.717) is 0 Å². The zero-order valence-electron chi connectivity index (χ0n) is 7.00. The Kier molecular flexibility index (Phi) is 6.29. The Morgan fingerprint density at radius 2 is 1.13 bits per heavy atom. The van der Waals surface area contributed by atoms with Crippen molar-refractivity contribution in [2.45, 2.75) is 34.7 Å². The fourth-order valence-corrected chi connectivity index (χ4v) is 1.75. The van der Waals surface area contributed by atoms with Crippen LogP contribution in [-0.4, -0.2) is 21.9 Å². The lowest BCUT2D eigenvalue weighted by Gasteiger charge is -2.19. The smallest absolute Gasteiger partial charge is 0.325 e. The highest BCUT2D eigenvalue weighted by Gasteiger charge is 2.33. The van der Waals surface area contributed by atoms with Crippen LogP contribution in [0.2, 0.25) is 0 Å². The highest BCUT2D eigenvalue weighted by atomic mass is 35.5. The summed E-state index contributed by atoms with van der Waals surface area (Å²) in [5.74, 6) is 0. The van der Waals surface area contributed by atoms with Crippen molar-refractivity contribution in [3.05, 3.63) is 0 Å². The van der Waals surface area contributed by atoms with Crippen molar-refractivity contribution in [2.75, 3.05) is 0 Å². The van der Waals surface area contributed by atoms with Crippen LogP contribution in [0.5, 0.6) is 0 Å². The van der Waals surface area contributed by atoms with Crippen LogP contribution in [0.4, 0.5) is 17.6 Å². The fraction of sp³-hybridized carbons (Fsp3) is 1.00. The van der Waals surface area contributed by atoms with Crippen molar-refractivity contribution in [2.24, 2.45) is 0 Å². The van der Waals surface area contributed by atoms with Gasteiger partial charge < -0.3 is 4.74 Å². The van der Waals surface area contributed by atoms with E-state index in [0.717, 1.165) is 0 Å². The number of ether oxygens (including phenoxy) is 1. The summed E-state index contributed by atoms with van der Waals surface area (Å²) in [6.07, 6.45) is -2.10. The van der Waals surface area contributed by atoms with Crippen LogP contribution in [0.25, 0.3) is 0 Å². The Morgan fingerprint density at radius 3 is 1.33 bits per heavy atom. The molecule has 2 atom stereocenters. The SMILES string of the molecule is FC(F)(Cl)CC(Cl)OC(Cl)CC(F)(F)Cl. The molecule has 0 aliphatic heterocycles. The zero-order chi connectivity index (χ0) is 12.3. The van der Waals surface area contributed by atoms with Crippen molar-refractivity contribution < 1.29 is 22.3 Å². The van der Waals surface area contributed by atoms with Gasteiger partial charge in [-0.1, -0.05) is 23.2 Å². The summed E-state index contributed by atoms with van der Waals surface area (Å²) in [6, 6.07) is 0. The molecule has 0 aliphatic carbocycles. The molecule has 0 bridgehead atoms. The van der Waals surface area contributed by atoms with Crippen molar-refractivity contribution in [1.82, 2.24) is 0 Å². The van der Waals surface area contributed by atoms with Crippen LogP contribution < -0.4 is 0 Å². The number of alkyl halides is 8. The first-order valence-corrected chi connectivity index (χ1v) is 5.19. The van der Waals surface area contributed by atoms with Crippen LogP contribution >= 0.6 is 46.4 Å². The third-order valence-corrected chi connectivity index (χ3v) is 1.90. The Morgan fingerprint density at radius 1 is 0.867 bits per heavy atom. The largest absolute Gasteiger partial charge is 0.343 e. The zero-order valence-corrected chi connectivity index (χ0v) is 10.0. The molecular weight excluding hydrogens is 306 g/mol. The lowest BCUT2D eigenvalue weighted by Crippen LogP contribution is -2.23. The Labute approximate surface area is 104 Å². The van der Waals surface area contributed by atoms with Crippen LogP contribution in [0.3, 0.4) is 0 Å². The first-order valence-electron chi connectivity index (χ1n) is 3.57. The molecule has 0 saturated carbocycles. The van der Waals surface area contributed by atoms with Gasteiger partial charge in [-0.05, 0) is 23.2 Å². The van der Waals surface area contributed by atoms with E-state index in [9.17, 15) is 17.6 Å². The molecule has 0 radical (unpaired) electrons. The van der Waals surface area contributed by atoms with Gasteiger partial charge in [0.05, 0.1) is 12.8 Å². The molecule has 15 heavy (non-hydrogen) atoms. The van der Waals surface area contributed by atoms with Gasteiger partial charge in [0.2, 0.25) is 0 Å². The second-order valence-electron chi connectivity index (χ2n) is 2.59. The monoisotopic (exact) mass is 310 g/mol. The van der Waals surface area contributed by atoms with Gasteiger partial charge in [-0.3, -0.25) is 0 Å². The molecule has 1 nitrogen and oxygen atoms in total. The number of hydrogen-bond acceptors (Lipinski definition) is 1. The highest BCUT2D eigenvalue weighted by Crippen LogP contribution is 2.32. The molecule has 0 amide bonds. The van der Waals surface area contributed by atoms with Gasteiger partial charge in [0.1, 0.15) is 11.1 Å². The Bertz CT molecular complexity index is 173. The number of halogens is 8. The predicted octanol–water partition coefficient (Wildman–Crippen LogP) is 4.58. The topological polar surface area (TPSA) is 9.23 Å². The summed E-state index contributed by atoms with van der Waals surface area (Å²) < 4.78 is 53.0. The van der Waals surface area contributed by atoms with Crippen molar-refractivity contribution in [3.63, 3.8) is 0 Å². The van der Waals surface area contributed by atoms with E-state index in [1.54, 1.807) is 0 Å². The van der Waals surface area contributed by atoms with Gasteiger partial charge in [-0.25, -0.2) is 0 Å². The summed E-state index contributed by atoms with van der Waals surface area (Å²) in [7, 11) is 0. The van der Waals surface area contributed by atoms with Crippen molar-refractivity contribution >= 4 is 46.4 Å². The molecule has 0 heterocycles. The third-order valence-electron chi connectivity index (χ3n) is 1.08. The maximum Gasteiger partial charge on any atom is 0.325 e. The van der Waals surface area contributed by atoms with E-state index in [1.165, 1.54) is 0 Å². The van der Waals surface area contributed by atoms with Gasteiger partial charge in [0.15, 0.2) is 0 Å². The van der Waals surface area contributed by atoms with Gasteiger partial charge in [-0.2, -0.15) is 17.6 Å². The van der Waals surface area contributed by atoms with Crippen molar-refractivity contribution in [1.29, 1.82) is 0 Å². The van der Waals surface area contributed by atoms with Crippen LogP contribution in [-0.2, 0) is 4.74 Å². The standard InChI is InChI=1S/C6H6Cl4F4O/c7-3(1-5(9,11)12)15-4(8)2-6(10,13)14/h3-4H,1-2H2. The molecule has 0 rings (SSSR count). The molecule has 0 aromatic heterocycles. The summed E-state index contributed by atoms with van der Waals surface area (Å²) in [5, 5.41) is -7.15. The normalized spacial score (nSPS) is 17.6. The van der Waals surface area contributed by atoms with E-state index < -0.39 is 34.7 Å². The molecule has 9 heteroatoms. The lowest BCUT2D eigenvalue weighted by molar-refractivity contribution is -0.0194. The minimum Gasteiger partial charge on any atom is -0.343 e. The molecule has 0 saturated heterocycles. The van der Waals surface area contributed by atoms with E-state index in [1.807, 2.05) is 0 Å². The van der Waals surface area contributed by atoms with E-state index >= 15 is 0 Å². The molecule has 0 aliphatic rings. The van der Waals surface area contributed by atoms with Gasteiger partial charge in [-0.15, -0.1) is 0 Å². The average Bonchev–Trinajstić information content (AvgIpc) is 1.73. The summed E-state index contributed by atoms with van der Waals surface area (Å²) in [6.45, 7) is 0. The van der Waals surface area contributed by atoms with E-state index in [2.05, 4.69) is 27.9 Å². The maximum absolute atomic E-state index is 12.1. The second-order valence-corrected chi connectivity index (χ2v) is 4.67. The minimum atomic E-state index is -3.58. The first kappa shape index (κ1) is 15.8. The lowest BCUT2D eigenvalue weighted by atomic mass is 10.4. The second kappa shape index (κ2) is 5.96. The summed E-state index contributed by atoms with van der Waals surface area (Å²) in [4.78, 5) is 0. The molecule has 2 unspecified atom stereocenters. The molecule has 0 N–H and O–H groups in total. The molecule has 0 aromatic carbocycles. The van der Waals surface area contributed by atoms with Gasteiger partial charge in [0, 0.05) is 0 Å². The Balaban J connectivity index is 3.92. The number of hydrogen-bond donors (Lipinski definition) is 0. The third kappa shape index (κ3) is 11.1. The molecule has 0 aromatic rings. The summed E-state index contributed by atoms with van der Waals surface area (Å²) in [5.41, 5.74) is -3.14. The molecule has 92 valence electrons. The van der Waals surface area contributed by atoms with Crippen LogP contribution in [0.15, 0.2) is 0 Å². The van der Waals surface area contributed by atoms with Gasteiger partial charge >= 0.3 is 10.8 Å². The van der Waals surface area contributed by atoms with E-state index in [4.69, 9.17) is 23.2 Å². The average molecular weight is 312 g/mol. The van der Waals surface area contributed by atoms with E-state index in [-0.39, 0.29) is 0 Å². The van der Waals surface area contributed by atoms with Crippen LogP contribution in [0.1, 0.15) is 12.8 Å². The maximum atomic E-state index is 12.1. The van der Waals surface area contributed by atoms with Crippen LogP contribution in [0, 0.1) is 0 Å². The highest BCUT2D eigenvalue weighted by molar-refractivity contribution is 6.25. The quantitative estimate of drug-likeness (QED) is 0.515. The summed E-state index contributed by atoms with van der Waals surface area (Å²) >= 11 is 19.5. The number of rotatable bonds is 6. The minimum absolute atomic E-state index is 1.05.